The van der Waals surface area contributed by atoms with Crippen LogP contribution in [0.25, 0.3) is 0 Å². The fraction of sp³-hybridized carbons (Fsp3) is 0.286. The second kappa shape index (κ2) is 6.23. The van der Waals surface area contributed by atoms with Gasteiger partial charge in [0, 0.05) is 38.2 Å². The summed E-state index contributed by atoms with van der Waals surface area (Å²) in [6, 6.07) is 8.16. The van der Waals surface area contributed by atoms with Crippen LogP contribution in [0.15, 0.2) is 42.9 Å². The van der Waals surface area contributed by atoms with E-state index in [0.29, 0.717) is 6.54 Å². The Morgan fingerprint density at radius 3 is 2.44 bits per heavy atom. The number of rotatable bonds is 5. The average molecular weight is 242 g/mol. The van der Waals surface area contributed by atoms with Gasteiger partial charge in [-0.1, -0.05) is 0 Å². The molecule has 2 rings (SSSR count). The first kappa shape index (κ1) is 12.7. The van der Waals surface area contributed by atoms with Crippen LogP contribution in [0.2, 0.25) is 0 Å². The quantitative estimate of drug-likeness (QED) is 0.864. The molecule has 4 heteroatoms. The first-order valence-electron chi connectivity index (χ1n) is 5.99. The molecular formula is C14H18N4. The topological polar surface area (TPSA) is 55.0 Å². The van der Waals surface area contributed by atoms with Gasteiger partial charge in [0.25, 0.3) is 0 Å². The summed E-state index contributed by atoms with van der Waals surface area (Å²) in [5, 5.41) is 0. The molecule has 0 spiro atoms. The van der Waals surface area contributed by atoms with Gasteiger partial charge < -0.3 is 5.73 Å². The van der Waals surface area contributed by atoms with E-state index in [1.165, 1.54) is 11.1 Å². The van der Waals surface area contributed by atoms with E-state index >= 15 is 0 Å². The summed E-state index contributed by atoms with van der Waals surface area (Å²) in [6.07, 6.45) is 5.46. The van der Waals surface area contributed by atoms with Gasteiger partial charge in [-0.25, -0.2) is 0 Å². The molecule has 0 radical (unpaired) electrons. The molecule has 0 amide bonds. The molecule has 94 valence electrons. The van der Waals surface area contributed by atoms with Crippen LogP contribution >= 0.6 is 0 Å². The fourth-order valence-corrected chi connectivity index (χ4v) is 1.91. The van der Waals surface area contributed by atoms with Crippen LogP contribution in [0.1, 0.15) is 16.8 Å². The largest absolute Gasteiger partial charge is 0.325 e. The highest BCUT2D eigenvalue weighted by atomic mass is 15.1. The normalized spacial score (nSPS) is 10.8. The van der Waals surface area contributed by atoms with Gasteiger partial charge in [0.05, 0.1) is 5.69 Å². The molecule has 0 saturated heterocycles. The maximum atomic E-state index is 5.59. The van der Waals surface area contributed by atoms with Crippen molar-refractivity contribution in [2.45, 2.75) is 19.6 Å². The second-order valence-corrected chi connectivity index (χ2v) is 4.39. The van der Waals surface area contributed by atoms with Crippen molar-refractivity contribution in [2.75, 3.05) is 7.05 Å². The zero-order valence-corrected chi connectivity index (χ0v) is 10.6. The van der Waals surface area contributed by atoms with Crippen LogP contribution in [-0.2, 0) is 19.6 Å². The van der Waals surface area contributed by atoms with Crippen molar-refractivity contribution >= 4 is 0 Å². The first-order chi connectivity index (χ1) is 8.78. The lowest BCUT2D eigenvalue weighted by Crippen LogP contribution is -2.17. The Labute approximate surface area is 107 Å². The van der Waals surface area contributed by atoms with Gasteiger partial charge in [0.1, 0.15) is 0 Å². The van der Waals surface area contributed by atoms with E-state index in [1.54, 1.807) is 0 Å². The van der Waals surface area contributed by atoms with Crippen molar-refractivity contribution < 1.29 is 0 Å². The predicted molar refractivity (Wildman–Crippen MR) is 71.5 cm³/mol. The SMILES string of the molecule is CN(Cc1ccncc1)Cc1ccnc(CN)c1. The molecule has 0 saturated carbocycles. The Bertz CT molecular complexity index is 484. The van der Waals surface area contributed by atoms with Gasteiger partial charge in [0.2, 0.25) is 0 Å². The smallest absolute Gasteiger partial charge is 0.0542 e. The van der Waals surface area contributed by atoms with Crippen molar-refractivity contribution in [3.63, 3.8) is 0 Å². The van der Waals surface area contributed by atoms with Gasteiger partial charge in [-0.2, -0.15) is 0 Å². The molecule has 18 heavy (non-hydrogen) atoms. The molecule has 2 heterocycles. The maximum Gasteiger partial charge on any atom is 0.0542 e. The lowest BCUT2D eigenvalue weighted by atomic mass is 10.2. The molecule has 0 aliphatic carbocycles. The molecule has 0 fully saturated rings. The highest BCUT2D eigenvalue weighted by Crippen LogP contribution is 2.08. The number of nitrogens with two attached hydrogens (primary N) is 1. The summed E-state index contributed by atoms with van der Waals surface area (Å²) in [4.78, 5) is 10.5. The van der Waals surface area contributed by atoms with E-state index in [1.807, 2.05) is 36.8 Å². The van der Waals surface area contributed by atoms with Gasteiger partial charge in [-0.3, -0.25) is 14.9 Å². The Kier molecular flexibility index (Phi) is 4.39. The zero-order valence-electron chi connectivity index (χ0n) is 10.6. The minimum absolute atomic E-state index is 0.488. The molecule has 2 aromatic heterocycles. The van der Waals surface area contributed by atoms with Crippen molar-refractivity contribution in [3.05, 3.63) is 59.7 Å². The number of aromatic nitrogens is 2. The van der Waals surface area contributed by atoms with Crippen molar-refractivity contribution in [3.8, 4) is 0 Å². The van der Waals surface area contributed by atoms with Crippen LogP contribution in [0.4, 0.5) is 0 Å². The molecule has 2 N–H and O–H groups in total. The van der Waals surface area contributed by atoms with Crippen molar-refractivity contribution in [2.24, 2.45) is 5.73 Å². The molecule has 4 nitrogen and oxygen atoms in total. The Hall–Kier alpha value is -1.78. The molecule has 0 aromatic carbocycles. The first-order valence-corrected chi connectivity index (χ1v) is 5.99. The average Bonchev–Trinajstić information content (AvgIpc) is 2.40. The predicted octanol–water partition coefficient (Wildman–Crippen LogP) is 1.57. The minimum Gasteiger partial charge on any atom is -0.325 e. The summed E-state index contributed by atoms with van der Waals surface area (Å²) >= 11 is 0. The monoisotopic (exact) mass is 242 g/mol. The number of hydrogen-bond acceptors (Lipinski definition) is 4. The molecule has 0 bridgehead atoms. The van der Waals surface area contributed by atoms with Gasteiger partial charge in [-0.05, 0) is 42.4 Å². The minimum atomic E-state index is 0.488. The van der Waals surface area contributed by atoms with Crippen molar-refractivity contribution in [1.29, 1.82) is 0 Å². The van der Waals surface area contributed by atoms with E-state index in [-0.39, 0.29) is 0 Å². The zero-order chi connectivity index (χ0) is 12.8. The van der Waals surface area contributed by atoms with Crippen molar-refractivity contribution in [1.82, 2.24) is 14.9 Å². The third kappa shape index (κ3) is 3.61. The Morgan fingerprint density at radius 1 is 1.06 bits per heavy atom. The molecule has 0 aliphatic heterocycles. The van der Waals surface area contributed by atoms with E-state index in [0.717, 1.165) is 18.8 Å². The summed E-state index contributed by atoms with van der Waals surface area (Å²) in [6.45, 7) is 2.28. The van der Waals surface area contributed by atoms with Gasteiger partial charge in [0.15, 0.2) is 0 Å². The number of pyridine rings is 2. The summed E-state index contributed by atoms with van der Waals surface area (Å²) in [7, 11) is 2.10. The molecule has 0 unspecified atom stereocenters. The fourth-order valence-electron chi connectivity index (χ4n) is 1.91. The van der Waals surface area contributed by atoms with Crippen LogP contribution in [0.3, 0.4) is 0 Å². The van der Waals surface area contributed by atoms with E-state index in [9.17, 15) is 0 Å². The highest BCUT2D eigenvalue weighted by molar-refractivity contribution is 5.16. The van der Waals surface area contributed by atoms with E-state index in [2.05, 4.69) is 28.0 Å². The third-order valence-corrected chi connectivity index (χ3v) is 2.74. The Balaban J connectivity index is 1.96. The summed E-state index contributed by atoms with van der Waals surface area (Å²) in [5.41, 5.74) is 9.03. The summed E-state index contributed by atoms with van der Waals surface area (Å²) < 4.78 is 0. The molecular weight excluding hydrogens is 224 g/mol. The van der Waals surface area contributed by atoms with Crippen LogP contribution < -0.4 is 5.73 Å². The molecule has 0 aliphatic rings. The van der Waals surface area contributed by atoms with Crippen LogP contribution in [0.5, 0.6) is 0 Å². The standard InChI is InChI=1S/C14H18N4/c1-18(10-12-2-5-16-6-3-12)11-13-4-7-17-14(8-13)9-15/h2-8H,9-11,15H2,1H3. The van der Waals surface area contributed by atoms with Crippen LogP contribution in [-0.4, -0.2) is 21.9 Å². The van der Waals surface area contributed by atoms with Gasteiger partial charge >= 0.3 is 0 Å². The van der Waals surface area contributed by atoms with Gasteiger partial charge in [-0.15, -0.1) is 0 Å². The number of nitrogens with zero attached hydrogens (tertiary/aromatic N) is 3. The highest BCUT2D eigenvalue weighted by Gasteiger charge is 2.02. The van der Waals surface area contributed by atoms with Crippen LogP contribution in [0, 0.1) is 0 Å². The molecule has 2 aromatic rings. The maximum absolute atomic E-state index is 5.59. The lowest BCUT2D eigenvalue weighted by Gasteiger charge is -2.16. The summed E-state index contributed by atoms with van der Waals surface area (Å²) in [5.74, 6) is 0. The molecule has 0 atom stereocenters. The third-order valence-electron chi connectivity index (χ3n) is 2.74. The second-order valence-electron chi connectivity index (χ2n) is 4.39. The Morgan fingerprint density at radius 2 is 1.72 bits per heavy atom. The lowest BCUT2D eigenvalue weighted by molar-refractivity contribution is 0.319. The van der Waals surface area contributed by atoms with E-state index < -0.39 is 0 Å². The van der Waals surface area contributed by atoms with E-state index in [4.69, 9.17) is 5.73 Å². The number of hydrogen-bond donors (Lipinski definition) is 1.